The Labute approximate surface area is 172 Å². The zero-order valence-electron chi connectivity index (χ0n) is 16.2. The number of carbonyl (C=O) groups excluding carboxylic acids is 2. The number of H-pyrrole nitrogens is 1. The first-order valence-electron chi connectivity index (χ1n) is 9.60. The van der Waals surface area contributed by atoms with Gasteiger partial charge in [-0.3, -0.25) is 9.89 Å². The predicted molar refractivity (Wildman–Crippen MR) is 116 cm³/mol. The number of urea groups is 1. The summed E-state index contributed by atoms with van der Waals surface area (Å²) in [5.41, 5.74) is 3.39. The zero-order valence-corrected chi connectivity index (χ0v) is 16.2. The molecular weight excluding hydrogens is 378 g/mol. The van der Waals surface area contributed by atoms with E-state index in [0.717, 1.165) is 27.2 Å². The van der Waals surface area contributed by atoms with E-state index < -0.39 is 6.04 Å². The molecular formula is C23H19N5O2. The van der Waals surface area contributed by atoms with E-state index in [2.05, 4.69) is 26.1 Å². The van der Waals surface area contributed by atoms with Crippen LogP contribution in [0.2, 0.25) is 0 Å². The van der Waals surface area contributed by atoms with E-state index >= 15 is 0 Å². The summed E-state index contributed by atoms with van der Waals surface area (Å²) >= 11 is 0. The van der Waals surface area contributed by atoms with Crippen molar-refractivity contribution in [3.05, 3.63) is 83.7 Å². The molecule has 0 saturated heterocycles. The highest BCUT2D eigenvalue weighted by molar-refractivity contribution is 6.07. The fourth-order valence-corrected chi connectivity index (χ4v) is 3.85. The number of carbonyl (C=O) groups is 2. The molecule has 1 aliphatic rings. The number of nitrogens with one attached hydrogen (secondary N) is 4. The van der Waals surface area contributed by atoms with E-state index in [1.165, 1.54) is 0 Å². The number of fused-ring (bicyclic) bond motifs is 2. The molecule has 3 aromatic carbocycles. The van der Waals surface area contributed by atoms with Crippen LogP contribution in [0.1, 0.15) is 18.5 Å². The van der Waals surface area contributed by atoms with Crippen LogP contribution in [0.3, 0.4) is 0 Å². The molecule has 30 heavy (non-hydrogen) atoms. The molecule has 1 atom stereocenters. The first kappa shape index (κ1) is 17.9. The van der Waals surface area contributed by atoms with Crippen molar-refractivity contribution in [1.29, 1.82) is 0 Å². The van der Waals surface area contributed by atoms with Gasteiger partial charge in [0.05, 0.1) is 23.3 Å². The highest BCUT2D eigenvalue weighted by atomic mass is 16.2. The summed E-state index contributed by atoms with van der Waals surface area (Å²) in [5.74, 6) is -0.277. The summed E-state index contributed by atoms with van der Waals surface area (Å²) < 4.78 is 0. The van der Waals surface area contributed by atoms with Gasteiger partial charge in [0, 0.05) is 16.8 Å². The fraction of sp³-hybridized carbons (Fsp3) is 0.0870. The van der Waals surface area contributed by atoms with Gasteiger partial charge in [-0.25, -0.2) is 4.79 Å². The zero-order chi connectivity index (χ0) is 20.7. The molecule has 4 N–H and O–H groups in total. The Bertz CT molecular complexity index is 1340. The average molecular weight is 397 g/mol. The standard InChI is InChI=1S/C23H19N5O2/c1-13-20(22(29)26-18-8-9-19-17(11-18)12-24-28-19)21(27-23(30)25-13)16-7-6-14-4-2-3-5-15(14)10-16/h2-12,21H,1H3,(H,24,28)(H,26,29)(H2,25,27,30). The number of hydrogen-bond donors (Lipinski definition) is 4. The van der Waals surface area contributed by atoms with Crippen LogP contribution in [0, 0.1) is 0 Å². The van der Waals surface area contributed by atoms with Gasteiger partial charge in [0.15, 0.2) is 0 Å². The molecule has 148 valence electrons. The minimum absolute atomic E-state index is 0.277. The third kappa shape index (κ3) is 3.16. The maximum atomic E-state index is 13.2. The number of aromatic amines is 1. The van der Waals surface area contributed by atoms with Crippen molar-refractivity contribution in [3.63, 3.8) is 0 Å². The highest BCUT2D eigenvalue weighted by Crippen LogP contribution is 2.30. The number of amides is 3. The first-order chi connectivity index (χ1) is 14.6. The van der Waals surface area contributed by atoms with Crippen molar-refractivity contribution in [2.45, 2.75) is 13.0 Å². The monoisotopic (exact) mass is 397 g/mol. The molecule has 5 rings (SSSR count). The van der Waals surface area contributed by atoms with Crippen LogP contribution < -0.4 is 16.0 Å². The molecule has 0 spiro atoms. The van der Waals surface area contributed by atoms with Gasteiger partial charge in [0.25, 0.3) is 5.91 Å². The molecule has 7 heteroatoms. The number of anilines is 1. The van der Waals surface area contributed by atoms with Crippen LogP contribution in [0.15, 0.2) is 78.1 Å². The Hall–Kier alpha value is -4.13. The lowest BCUT2D eigenvalue weighted by atomic mass is 9.93. The SMILES string of the molecule is CC1=C(C(=O)Nc2ccc3[nH]ncc3c2)C(c2ccc3ccccc3c2)NC(=O)N1. The van der Waals surface area contributed by atoms with Crippen molar-refractivity contribution in [2.24, 2.45) is 0 Å². The normalized spacial score (nSPS) is 16.4. The number of allylic oxidation sites excluding steroid dienone is 1. The third-order valence-corrected chi connectivity index (χ3v) is 5.32. The minimum atomic E-state index is -0.555. The molecule has 0 bridgehead atoms. The lowest BCUT2D eigenvalue weighted by molar-refractivity contribution is -0.113. The van der Waals surface area contributed by atoms with E-state index in [4.69, 9.17) is 0 Å². The van der Waals surface area contributed by atoms with Gasteiger partial charge in [-0.1, -0.05) is 36.4 Å². The fourth-order valence-electron chi connectivity index (χ4n) is 3.85. The molecule has 4 aromatic rings. The lowest BCUT2D eigenvalue weighted by Gasteiger charge is -2.29. The quantitative estimate of drug-likeness (QED) is 0.421. The molecule has 0 saturated carbocycles. The molecule has 3 amide bonds. The Morgan fingerprint density at radius 2 is 1.83 bits per heavy atom. The van der Waals surface area contributed by atoms with Crippen molar-refractivity contribution in [1.82, 2.24) is 20.8 Å². The van der Waals surface area contributed by atoms with Crippen LogP contribution in [0.5, 0.6) is 0 Å². The first-order valence-corrected chi connectivity index (χ1v) is 9.60. The Kier molecular flexibility index (Phi) is 4.21. The van der Waals surface area contributed by atoms with Crippen LogP contribution in [0.25, 0.3) is 21.7 Å². The Morgan fingerprint density at radius 1 is 1.00 bits per heavy atom. The Balaban J connectivity index is 1.51. The minimum Gasteiger partial charge on any atom is -0.327 e. The van der Waals surface area contributed by atoms with Crippen LogP contribution >= 0.6 is 0 Å². The lowest BCUT2D eigenvalue weighted by Crippen LogP contribution is -2.45. The largest absolute Gasteiger partial charge is 0.327 e. The topological polar surface area (TPSA) is 98.9 Å². The molecule has 0 aliphatic carbocycles. The van der Waals surface area contributed by atoms with Gasteiger partial charge in [-0.05, 0) is 47.5 Å². The summed E-state index contributed by atoms with van der Waals surface area (Å²) in [5, 5.41) is 18.5. The van der Waals surface area contributed by atoms with Gasteiger partial charge in [-0.2, -0.15) is 5.10 Å². The summed E-state index contributed by atoms with van der Waals surface area (Å²) in [6.07, 6.45) is 1.70. The number of nitrogens with zero attached hydrogens (tertiary/aromatic N) is 1. The van der Waals surface area contributed by atoms with Crippen LogP contribution in [-0.2, 0) is 4.79 Å². The van der Waals surface area contributed by atoms with Gasteiger partial charge < -0.3 is 16.0 Å². The van der Waals surface area contributed by atoms with E-state index in [1.807, 2.05) is 60.7 Å². The molecule has 7 nitrogen and oxygen atoms in total. The second-order valence-electron chi connectivity index (χ2n) is 7.30. The summed E-state index contributed by atoms with van der Waals surface area (Å²) in [6.45, 7) is 1.74. The van der Waals surface area contributed by atoms with E-state index in [0.29, 0.717) is 17.0 Å². The maximum absolute atomic E-state index is 13.2. The van der Waals surface area contributed by atoms with Crippen molar-refractivity contribution < 1.29 is 9.59 Å². The summed E-state index contributed by atoms with van der Waals surface area (Å²) in [7, 11) is 0. The van der Waals surface area contributed by atoms with Crippen LogP contribution in [-0.4, -0.2) is 22.1 Å². The highest BCUT2D eigenvalue weighted by Gasteiger charge is 2.31. The predicted octanol–water partition coefficient (Wildman–Crippen LogP) is 3.98. The molecule has 1 aromatic heterocycles. The van der Waals surface area contributed by atoms with E-state index in [9.17, 15) is 9.59 Å². The van der Waals surface area contributed by atoms with Crippen molar-refractivity contribution >= 4 is 39.3 Å². The van der Waals surface area contributed by atoms with E-state index in [1.54, 1.807) is 13.1 Å². The summed E-state index contributed by atoms with van der Waals surface area (Å²) in [6, 6.07) is 18.6. The number of rotatable bonds is 3. The second kappa shape index (κ2) is 7.04. The van der Waals surface area contributed by atoms with Gasteiger partial charge in [0.1, 0.15) is 0 Å². The summed E-state index contributed by atoms with van der Waals surface area (Å²) in [4.78, 5) is 25.4. The smallest absolute Gasteiger partial charge is 0.319 e. The third-order valence-electron chi connectivity index (χ3n) is 5.32. The molecule has 0 fully saturated rings. The van der Waals surface area contributed by atoms with Gasteiger partial charge >= 0.3 is 6.03 Å². The van der Waals surface area contributed by atoms with E-state index in [-0.39, 0.29) is 11.9 Å². The number of benzene rings is 3. The van der Waals surface area contributed by atoms with Gasteiger partial charge in [-0.15, -0.1) is 0 Å². The van der Waals surface area contributed by atoms with Crippen LogP contribution in [0.4, 0.5) is 10.5 Å². The van der Waals surface area contributed by atoms with Crippen molar-refractivity contribution in [2.75, 3.05) is 5.32 Å². The average Bonchev–Trinajstić information content (AvgIpc) is 3.20. The molecule has 0 radical (unpaired) electrons. The number of aromatic nitrogens is 2. The second-order valence-corrected chi connectivity index (χ2v) is 7.30. The maximum Gasteiger partial charge on any atom is 0.319 e. The molecule has 1 unspecified atom stereocenters. The Morgan fingerprint density at radius 3 is 2.70 bits per heavy atom. The van der Waals surface area contributed by atoms with Gasteiger partial charge in [0.2, 0.25) is 0 Å². The number of hydrogen-bond acceptors (Lipinski definition) is 3. The van der Waals surface area contributed by atoms with Crippen molar-refractivity contribution in [3.8, 4) is 0 Å². The molecule has 2 heterocycles. The molecule has 1 aliphatic heterocycles.